The van der Waals surface area contributed by atoms with Gasteiger partial charge in [0.2, 0.25) is 0 Å². The highest BCUT2D eigenvalue weighted by Crippen LogP contribution is 2.28. The van der Waals surface area contributed by atoms with Crippen LogP contribution in [0, 0.1) is 18.8 Å². The van der Waals surface area contributed by atoms with Gasteiger partial charge in [-0.2, -0.15) is 5.10 Å². The minimum Gasteiger partial charge on any atom is -0.396 e. The van der Waals surface area contributed by atoms with Crippen LogP contribution in [0.1, 0.15) is 31.5 Å². The molecular weight excluding hydrogens is 252 g/mol. The Morgan fingerprint density at radius 2 is 2.20 bits per heavy atom. The highest BCUT2D eigenvalue weighted by molar-refractivity contribution is 5.51. The first-order chi connectivity index (χ1) is 9.52. The molecule has 0 radical (unpaired) electrons. The summed E-state index contributed by atoms with van der Waals surface area (Å²) in [6, 6.07) is 0. The molecule has 5 nitrogen and oxygen atoms in total. The Hall–Kier alpha value is -1.07. The Morgan fingerprint density at radius 3 is 2.80 bits per heavy atom. The van der Waals surface area contributed by atoms with Crippen LogP contribution in [-0.2, 0) is 13.6 Å². The Kier molecular flexibility index (Phi) is 5.05. The van der Waals surface area contributed by atoms with Crippen molar-refractivity contribution in [3.8, 4) is 0 Å². The molecule has 2 heterocycles. The fraction of sp³-hybridized carbons (Fsp3) is 0.800. The number of hydrogen-bond donors (Lipinski definition) is 2. The van der Waals surface area contributed by atoms with Crippen molar-refractivity contribution in [2.24, 2.45) is 18.9 Å². The number of hydrogen-bond acceptors (Lipinski definition) is 4. The number of aryl methyl sites for hydroxylation is 2. The number of rotatable bonds is 6. The van der Waals surface area contributed by atoms with Crippen LogP contribution in [-0.4, -0.2) is 41.1 Å². The van der Waals surface area contributed by atoms with Crippen molar-refractivity contribution >= 4 is 5.82 Å². The molecule has 1 unspecified atom stereocenters. The van der Waals surface area contributed by atoms with Gasteiger partial charge >= 0.3 is 0 Å². The van der Waals surface area contributed by atoms with E-state index in [1.54, 1.807) is 0 Å². The van der Waals surface area contributed by atoms with Crippen LogP contribution >= 0.6 is 0 Å². The number of aromatic nitrogens is 2. The van der Waals surface area contributed by atoms with Gasteiger partial charge < -0.3 is 15.3 Å². The standard InChI is InChI=1S/C15H28N4O/c1-11(2)7-16-8-14-12(3)17-18(4)15(14)19-6-5-13(9-19)10-20/h11,13,16,20H,5-10H2,1-4H3. The SMILES string of the molecule is Cc1nn(C)c(N2CCC(CO)C2)c1CNCC(C)C. The van der Waals surface area contributed by atoms with Crippen LogP contribution in [0.25, 0.3) is 0 Å². The van der Waals surface area contributed by atoms with E-state index in [-0.39, 0.29) is 6.61 Å². The van der Waals surface area contributed by atoms with E-state index >= 15 is 0 Å². The van der Waals surface area contributed by atoms with Gasteiger partial charge in [0.1, 0.15) is 5.82 Å². The average molecular weight is 280 g/mol. The van der Waals surface area contributed by atoms with E-state index in [2.05, 4.69) is 36.1 Å². The zero-order valence-corrected chi connectivity index (χ0v) is 13.2. The summed E-state index contributed by atoms with van der Waals surface area (Å²) < 4.78 is 1.99. The highest BCUT2D eigenvalue weighted by atomic mass is 16.3. The lowest BCUT2D eigenvalue weighted by Gasteiger charge is -2.21. The molecule has 0 aromatic carbocycles. The van der Waals surface area contributed by atoms with Gasteiger partial charge in [0.15, 0.2) is 0 Å². The van der Waals surface area contributed by atoms with Crippen LogP contribution < -0.4 is 10.2 Å². The molecule has 1 saturated heterocycles. The van der Waals surface area contributed by atoms with Gasteiger partial charge in [0.25, 0.3) is 0 Å². The average Bonchev–Trinajstić information content (AvgIpc) is 2.94. The van der Waals surface area contributed by atoms with Crippen molar-refractivity contribution in [1.29, 1.82) is 0 Å². The molecule has 1 aliphatic rings. The number of nitrogens with one attached hydrogen (secondary N) is 1. The molecule has 2 rings (SSSR count). The Morgan fingerprint density at radius 1 is 1.45 bits per heavy atom. The van der Waals surface area contributed by atoms with E-state index in [4.69, 9.17) is 0 Å². The molecule has 0 saturated carbocycles. The van der Waals surface area contributed by atoms with Gasteiger partial charge in [-0.15, -0.1) is 0 Å². The second kappa shape index (κ2) is 6.59. The predicted octanol–water partition coefficient (Wildman–Crippen LogP) is 1.29. The molecule has 0 bridgehead atoms. The van der Waals surface area contributed by atoms with Gasteiger partial charge in [0.05, 0.1) is 5.69 Å². The van der Waals surface area contributed by atoms with Crippen LogP contribution in [0.5, 0.6) is 0 Å². The fourth-order valence-corrected chi connectivity index (χ4v) is 2.95. The lowest BCUT2D eigenvalue weighted by molar-refractivity contribution is 0.238. The van der Waals surface area contributed by atoms with Crippen LogP contribution in [0.15, 0.2) is 0 Å². The van der Waals surface area contributed by atoms with Crippen LogP contribution in [0.4, 0.5) is 5.82 Å². The molecule has 20 heavy (non-hydrogen) atoms. The van der Waals surface area contributed by atoms with Crippen LogP contribution in [0.3, 0.4) is 0 Å². The topological polar surface area (TPSA) is 53.3 Å². The molecule has 5 heteroatoms. The summed E-state index contributed by atoms with van der Waals surface area (Å²) in [6.45, 7) is 10.6. The molecule has 2 N–H and O–H groups in total. The van der Waals surface area contributed by atoms with Crippen molar-refractivity contribution < 1.29 is 5.11 Å². The highest BCUT2D eigenvalue weighted by Gasteiger charge is 2.27. The molecular formula is C15H28N4O. The zero-order chi connectivity index (χ0) is 14.7. The van der Waals surface area contributed by atoms with E-state index in [1.807, 2.05) is 11.7 Å². The van der Waals surface area contributed by atoms with Gasteiger partial charge in [0, 0.05) is 44.8 Å². The maximum Gasteiger partial charge on any atom is 0.131 e. The van der Waals surface area contributed by atoms with Gasteiger partial charge in [-0.3, -0.25) is 4.68 Å². The molecule has 0 spiro atoms. The van der Waals surface area contributed by atoms with E-state index in [9.17, 15) is 5.11 Å². The van der Waals surface area contributed by atoms with E-state index < -0.39 is 0 Å². The van der Waals surface area contributed by atoms with Crippen molar-refractivity contribution in [3.63, 3.8) is 0 Å². The zero-order valence-electron chi connectivity index (χ0n) is 13.2. The molecule has 1 fully saturated rings. The number of nitrogens with zero attached hydrogens (tertiary/aromatic N) is 3. The van der Waals surface area contributed by atoms with Gasteiger partial charge in [-0.1, -0.05) is 13.8 Å². The first kappa shape index (κ1) is 15.3. The Labute approximate surface area is 122 Å². The monoisotopic (exact) mass is 280 g/mol. The second-order valence-electron chi connectivity index (χ2n) is 6.32. The van der Waals surface area contributed by atoms with E-state index in [1.165, 1.54) is 11.4 Å². The minimum atomic E-state index is 0.286. The van der Waals surface area contributed by atoms with Crippen molar-refractivity contribution in [2.45, 2.75) is 33.7 Å². The Bertz CT molecular complexity index is 441. The summed E-state index contributed by atoms with van der Waals surface area (Å²) in [6.07, 6.45) is 1.07. The minimum absolute atomic E-state index is 0.286. The maximum atomic E-state index is 9.32. The van der Waals surface area contributed by atoms with Crippen LogP contribution in [0.2, 0.25) is 0 Å². The first-order valence-corrected chi connectivity index (χ1v) is 7.62. The molecule has 1 aromatic heterocycles. The van der Waals surface area contributed by atoms with Gasteiger partial charge in [-0.25, -0.2) is 0 Å². The predicted molar refractivity (Wildman–Crippen MR) is 81.9 cm³/mol. The van der Waals surface area contributed by atoms with Crippen molar-refractivity contribution in [3.05, 3.63) is 11.3 Å². The summed E-state index contributed by atoms with van der Waals surface area (Å²) >= 11 is 0. The quantitative estimate of drug-likeness (QED) is 0.824. The molecule has 1 aromatic rings. The van der Waals surface area contributed by atoms with Crippen molar-refractivity contribution in [1.82, 2.24) is 15.1 Å². The third-order valence-electron chi connectivity index (χ3n) is 4.01. The normalized spacial score (nSPS) is 19.3. The van der Waals surface area contributed by atoms with Gasteiger partial charge in [-0.05, 0) is 25.8 Å². The van der Waals surface area contributed by atoms with E-state index in [0.717, 1.165) is 38.3 Å². The fourth-order valence-electron chi connectivity index (χ4n) is 2.95. The summed E-state index contributed by atoms with van der Waals surface area (Å²) in [5.41, 5.74) is 2.40. The molecule has 1 aliphatic heterocycles. The maximum absolute atomic E-state index is 9.32. The third-order valence-corrected chi connectivity index (χ3v) is 4.01. The molecule has 1 atom stereocenters. The lowest BCUT2D eigenvalue weighted by atomic mass is 10.1. The molecule has 0 amide bonds. The largest absolute Gasteiger partial charge is 0.396 e. The second-order valence-corrected chi connectivity index (χ2v) is 6.32. The number of anilines is 1. The Balaban J connectivity index is 2.11. The summed E-state index contributed by atoms with van der Waals surface area (Å²) in [5.74, 6) is 2.28. The number of aliphatic hydroxyl groups is 1. The third kappa shape index (κ3) is 3.33. The first-order valence-electron chi connectivity index (χ1n) is 7.62. The summed E-state index contributed by atoms with van der Waals surface area (Å²) in [5, 5.41) is 17.4. The number of aliphatic hydroxyl groups excluding tert-OH is 1. The smallest absolute Gasteiger partial charge is 0.131 e. The summed E-state index contributed by atoms with van der Waals surface area (Å²) in [7, 11) is 2.01. The summed E-state index contributed by atoms with van der Waals surface area (Å²) in [4.78, 5) is 2.37. The molecule has 114 valence electrons. The lowest BCUT2D eigenvalue weighted by Crippen LogP contribution is -2.26. The van der Waals surface area contributed by atoms with Crippen molar-refractivity contribution in [2.75, 3.05) is 31.1 Å². The molecule has 0 aliphatic carbocycles. The van der Waals surface area contributed by atoms with E-state index in [0.29, 0.717) is 11.8 Å².